The van der Waals surface area contributed by atoms with Crippen LogP contribution in [0.1, 0.15) is 11.3 Å². The zero-order chi connectivity index (χ0) is 13.7. The molecular weight excluding hydrogens is 264 g/mol. The van der Waals surface area contributed by atoms with E-state index >= 15 is 0 Å². The van der Waals surface area contributed by atoms with Crippen LogP contribution in [0.3, 0.4) is 0 Å². The van der Waals surface area contributed by atoms with Crippen LogP contribution in [0.15, 0.2) is 41.0 Å². The number of nitro benzene ring substituents is 1. The molecule has 2 aromatic rings. The molecule has 0 unspecified atom stereocenters. The number of thioether (sulfide) groups is 1. The molecule has 6 heteroatoms. The number of non-ortho nitro benzene ring substituents is 1. The highest BCUT2D eigenvalue weighted by Crippen LogP contribution is 2.27. The Morgan fingerprint density at radius 3 is 2.84 bits per heavy atom. The molecule has 0 aliphatic rings. The van der Waals surface area contributed by atoms with Crippen LogP contribution in [-0.2, 0) is 11.5 Å². The lowest BCUT2D eigenvalue weighted by Gasteiger charge is -2.08. The Morgan fingerprint density at radius 2 is 2.21 bits per heavy atom. The van der Waals surface area contributed by atoms with Crippen LogP contribution in [0, 0.1) is 10.1 Å². The molecule has 5 nitrogen and oxygen atoms in total. The molecule has 0 fully saturated rings. The molecule has 1 N–H and O–H groups in total. The second-order valence-corrected chi connectivity index (χ2v) is 4.91. The summed E-state index contributed by atoms with van der Waals surface area (Å²) in [6, 6.07) is 8.62. The van der Waals surface area contributed by atoms with Crippen molar-refractivity contribution in [3.8, 4) is 0 Å². The van der Waals surface area contributed by atoms with Gasteiger partial charge in [0.2, 0.25) is 0 Å². The van der Waals surface area contributed by atoms with Gasteiger partial charge >= 0.3 is 0 Å². The van der Waals surface area contributed by atoms with Crippen molar-refractivity contribution in [3.63, 3.8) is 0 Å². The molecule has 0 amide bonds. The number of hydrogen-bond donors (Lipinski definition) is 1. The molecule has 0 saturated carbocycles. The lowest BCUT2D eigenvalue weighted by atomic mass is 10.2. The Morgan fingerprint density at radius 1 is 1.37 bits per heavy atom. The van der Waals surface area contributed by atoms with Gasteiger partial charge < -0.3 is 9.73 Å². The summed E-state index contributed by atoms with van der Waals surface area (Å²) in [5, 5.41) is 13.8. The van der Waals surface area contributed by atoms with E-state index in [4.69, 9.17) is 4.42 Å². The van der Waals surface area contributed by atoms with Gasteiger partial charge in [0.1, 0.15) is 5.76 Å². The normalized spacial score (nSPS) is 10.4. The van der Waals surface area contributed by atoms with Crippen LogP contribution in [0.2, 0.25) is 0 Å². The van der Waals surface area contributed by atoms with Gasteiger partial charge in [0.05, 0.1) is 16.9 Å². The van der Waals surface area contributed by atoms with E-state index in [-0.39, 0.29) is 10.6 Å². The van der Waals surface area contributed by atoms with E-state index in [2.05, 4.69) is 5.32 Å². The fourth-order valence-corrected chi connectivity index (χ4v) is 2.64. The topological polar surface area (TPSA) is 68.3 Å². The van der Waals surface area contributed by atoms with Gasteiger partial charge in [0.25, 0.3) is 5.69 Å². The number of hydrogen-bond acceptors (Lipinski definition) is 5. The summed E-state index contributed by atoms with van der Waals surface area (Å²) in [6.07, 6.45) is 1.64. The summed E-state index contributed by atoms with van der Waals surface area (Å²) in [5.41, 5.74) is 1.96. The first-order chi connectivity index (χ1) is 9.20. The van der Waals surface area contributed by atoms with E-state index < -0.39 is 0 Å². The monoisotopic (exact) mass is 278 g/mol. The lowest BCUT2D eigenvalue weighted by molar-refractivity contribution is -0.384. The molecule has 2 rings (SSSR count). The molecule has 1 heterocycles. The SMILES string of the molecule is CNc1ccc([N+](=O)[O-])cc1CSCc1ccco1. The van der Waals surface area contributed by atoms with Gasteiger partial charge in [-0.2, -0.15) is 0 Å². The molecular formula is C13H14N2O3S. The molecule has 1 aromatic carbocycles. The van der Waals surface area contributed by atoms with E-state index in [0.29, 0.717) is 5.75 Å². The first-order valence-corrected chi connectivity index (χ1v) is 6.91. The van der Waals surface area contributed by atoms with Crippen molar-refractivity contribution in [1.82, 2.24) is 0 Å². The molecule has 0 aliphatic heterocycles. The Kier molecular flexibility index (Phi) is 4.46. The number of benzene rings is 1. The molecule has 0 atom stereocenters. The third-order valence-electron chi connectivity index (χ3n) is 2.65. The van der Waals surface area contributed by atoms with E-state index in [9.17, 15) is 10.1 Å². The summed E-state index contributed by atoms with van der Waals surface area (Å²) in [7, 11) is 1.81. The third-order valence-corrected chi connectivity index (χ3v) is 3.65. The predicted octanol–water partition coefficient (Wildman–Crippen LogP) is 3.66. The first kappa shape index (κ1) is 13.5. The Balaban J connectivity index is 2.04. The van der Waals surface area contributed by atoms with E-state index in [1.54, 1.807) is 30.2 Å². The van der Waals surface area contributed by atoms with E-state index in [1.165, 1.54) is 6.07 Å². The summed E-state index contributed by atoms with van der Waals surface area (Å²) in [6.45, 7) is 0. The minimum Gasteiger partial charge on any atom is -0.468 e. The smallest absolute Gasteiger partial charge is 0.269 e. The number of nitrogens with one attached hydrogen (secondary N) is 1. The maximum atomic E-state index is 10.8. The number of nitro groups is 1. The Hall–Kier alpha value is -1.95. The van der Waals surface area contributed by atoms with Gasteiger partial charge in [0, 0.05) is 30.6 Å². The highest BCUT2D eigenvalue weighted by atomic mass is 32.2. The zero-order valence-corrected chi connectivity index (χ0v) is 11.3. The Bertz CT molecular complexity index is 555. The summed E-state index contributed by atoms with van der Waals surface area (Å²) < 4.78 is 5.25. The van der Waals surface area contributed by atoms with Gasteiger partial charge in [-0.1, -0.05) is 0 Å². The fourth-order valence-electron chi connectivity index (χ4n) is 1.71. The minimum absolute atomic E-state index is 0.118. The van der Waals surface area contributed by atoms with Crippen LogP contribution in [0.4, 0.5) is 11.4 Å². The van der Waals surface area contributed by atoms with Crippen LogP contribution >= 0.6 is 11.8 Å². The van der Waals surface area contributed by atoms with Crippen molar-refractivity contribution in [2.24, 2.45) is 0 Å². The van der Waals surface area contributed by atoms with Gasteiger partial charge in [-0.25, -0.2) is 0 Å². The average Bonchev–Trinajstić information content (AvgIpc) is 2.91. The van der Waals surface area contributed by atoms with Crippen molar-refractivity contribution in [2.45, 2.75) is 11.5 Å². The predicted molar refractivity (Wildman–Crippen MR) is 76.4 cm³/mol. The molecule has 0 saturated heterocycles. The highest BCUT2D eigenvalue weighted by molar-refractivity contribution is 7.97. The van der Waals surface area contributed by atoms with Crippen LogP contribution in [0.5, 0.6) is 0 Å². The maximum Gasteiger partial charge on any atom is 0.269 e. The number of nitrogens with zero attached hydrogens (tertiary/aromatic N) is 1. The maximum absolute atomic E-state index is 10.8. The lowest BCUT2D eigenvalue weighted by Crippen LogP contribution is -1.97. The summed E-state index contributed by atoms with van der Waals surface area (Å²) in [5.74, 6) is 2.35. The van der Waals surface area contributed by atoms with Crippen LogP contribution in [0.25, 0.3) is 0 Å². The Labute approximate surface area is 115 Å². The number of furan rings is 1. The van der Waals surface area contributed by atoms with Crippen LogP contribution < -0.4 is 5.32 Å². The first-order valence-electron chi connectivity index (χ1n) is 5.76. The van der Waals surface area contributed by atoms with Gasteiger partial charge in [-0.15, -0.1) is 11.8 Å². The van der Waals surface area contributed by atoms with Gasteiger partial charge in [0.15, 0.2) is 0 Å². The summed E-state index contributed by atoms with van der Waals surface area (Å²) >= 11 is 1.66. The van der Waals surface area contributed by atoms with Crippen molar-refractivity contribution in [2.75, 3.05) is 12.4 Å². The fraction of sp³-hybridized carbons (Fsp3) is 0.231. The largest absolute Gasteiger partial charge is 0.468 e. The minimum atomic E-state index is -0.375. The second kappa shape index (κ2) is 6.29. The van der Waals surface area contributed by atoms with Gasteiger partial charge in [-0.05, 0) is 23.8 Å². The van der Waals surface area contributed by atoms with Crippen molar-refractivity contribution >= 4 is 23.1 Å². The van der Waals surface area contributed by atoms with Crippen molar-refractivity contribution in [1.29, 1.82) is 0 Å². The molecule has 100 valence electrons. The highest BCUT2D eigenvalue weighted by Gasteiger charge is 2.10. The second-order valence-electron chi connectivity index (χ2n) is 3.92. The van der Waals surface area contributed by atoms with Crippen molar-refractivity contribution < 1.29 is 9.34 Å². The number of rotatable bonds is 6. The zero-order valence-electron chi connectivity index (χ0n) is 10.5. The van der Waals surface area contributed by atoms with Crippen LogP contribution in [-0.4, -0.2) is 12.0 Å². The van der Waals surface area contributed by atoms with E-state index in [1.807, 2.05) is 19.2 Å². The van der Waals surface area contributed by atoms with E-state index in [0.717, 1.165) is 22.8 Å². The summed E-state index contributed by atoms with van der Waals surface area (Å²) in [4.78, 5) is 10.4. The molecule has 19 heavy (non-hydrogen) atoms. The number of anilines is 1. The standard InChI is InChI=1S/C13H14N2O3S/c1-14-13-5-4-11(15(16)17)7-10(13)8-19-9-12-3-2-6-18-12/h2-7,14H,8-9H2,1H3. The van der Waals surface area contributed by atoms with Crippen molar-refractivity contribution in [3.05, 3.63) is 58.0 Å². The van der Waals surface area contributed by atoms with Gasteiger partial charge in [-0.3, -0.25) is 10.1 Å². The third kappa shape index (κ3) is 3.51. The average molecular weight is 278 g/mol. The molecule has 1 aromatic heterocycles. The molecule has 0 spiro atoms. The molecule has 0 aliphatic carbocycles. The quantitative estimate of drug-likeness (QED) is 0.645. The molecule has 0 bridgehead atoms. The molecule has 0 radical (unpaired) electrons.